The fourth-order valence-electron chi connectivity index (χ4n) is 2.44. The first-order valence-corrected chi connectivity index (χ1v) is 9.54. The van der Waals surface area contributed by atoms with E-state index in [0.29, 0.717) is 37.9 Å². The molecule has 0 unspecified atom stereocenters. The number of hydrogen-bond acceptors (Lipinski definition) is 4. The molecular formula is C19H27BrIN5O2. The average Bonchev–Trinajstić information content (AvgIpc) is 2.97. The van der Waals surface area contributed by atoms with Gasteiger partial charge in [-0.2, -0.15) is 0 Å². The van der Waals surface area contributed by atoms with E-state index in [4.69, 9.17) is 4.42 Å². The summed E-state index contributed by atoms with van der Waals surface area (Å²) >= 11 is 3.51. The molecule has 2 rings (SSSR count). The predicted octanol–water partition coefficient (Wildman–Crippen LogP) is 3.39. The first-order valence-electron chi connectivity index (χ1n) is 8.75. The highest BCUT2D eigenvalue weighted by Crippen LogP contribution is 2.17. The third-order valence-corrected chi connectivity index (χ3v) is 4.90. The zero-order valence-electron chi connectivity index (χ0n) is 16.6. The Balaban J connectivity index is 0.00000392. The lowest BCUT2D eigenvalue weighted by Gasteiger charge is -2.18. The molecule has 0 atom stereocenters. The summed E-state index contributed by atoms with van der Waals surface area (Å²) in [6, 6.07) is 7.90. The minimum absolute atomic E-state index is 0. The molecule has 2 N–H and O–H groups in total. The van der Waals surface area contributed by atoms with Crippen molar-refractivity contribution in [2.24, 2.45) is 4.99 Å². The van der Waals surface area contributed by atoms with Crippen molar-refractivity contribution in [2.75, 3.05) is 20.6 Å². The molecule has 0 saturated heterocycles. The Morgan fingerprint density at radius 1 is 1.29 bits per heavy atom. The number of halogens is 2. The van der Waals surface area contributed by atoms with Gasteiger partial charge in [0.25, 0.3) is 0 Å². The molecule has 0 aliphatic rings. The van der Waals surface area contributed by atoms with Gasteiger partial charge in [-0.15, -0.1) is 24.0 Å². The molecule has 0 aliphatic carbocycles. The second-order valence-corrected chi connectivity index (χ2v) is 7.05. The lowest BCUT2D eigenvalue weighted by molar-refractivity contribution is -0.130. The van der Waals surface area contributed by atoms with Gasteiger partial charge in [-0.05, 0) is 25.5 Å². The van der Waals surface area contributed by atoms with Crippen LogP contribution in [0, 0.1) is 13.8 Å². The molecule has 28 heavy (non-hydrogen) atoms. The SMILES string of the molecule is CN=C(NCCC(=O)N(C)Cc1ccccc1Br)NCc1nc(C)c(C)o1.I. The number of hydrogen-bond donors (Lipinski definition) is 2. The first-order chi connectivity index (χ1) is 12.9. The van der Waals surface area contributed by atoms with Crippen LogP contribution in [0.5, 0.6) is 0 Å². The van der Waals surface area contributed by atoms with Gasteiger partial charge in [0.05, 0.1) is 12.2 Å². The molecule has 2 aromatic rings. The van der Waals surface area contributed by atoms with E-state index in [9.17, 15) is 4.79 Å². The Kier molecular flexibility index (Phi) is 10.5. The van der Waals surface area contributed by atoms with Gasteiger partial charge in [0.2, 0.25) is 11.8 Å². The third-order valence-electron chi connectivity index (χ3n) is 4.13. The van der Waals surface area contributed by atoms with E-state index in [0.717, 1.165) is 21.5 Å². The Morgan fingerprint density at radius 3 is 2.61 bits per heavy atom. The first kappa shape index (κ1) is 24.4. The quantitative estimate of drug-likeness (QED) is 0.306. The van der Waals surface area contributed by atoms with Crippen molar-refractivity contribution in [3.63, 3.8) is 0 Å². The number of carbonyl (C=O) groups is 1. The summed E-state index contributed by atoms with van der Waals surface area (Å²) in [7, 11) is 3.49. The van der Waals surface area contributed by atoms with Crippen LogP contribution >= 0.6 is 39.9 Å². The summed E-state index contributed by atoms with van der Waals surface area (Å²) in [4.78, 5) is 22.5. The van der Waals surface area contributed by atoms with E-state index >= 15 is 0 Å². The van der Waals surface area contributed by atoms with Crippen LogP contribution in [0.3, 0.4) is 0 Å². The molecule has 1 aromatic heterocycles. The van der Waals surface area contributed by atoms with E-state index in [1.165, 1.54) is 0 Å². The number of nitrogens with zero attached hydrogens (tertiary/aromatic N) is 3. The maximum atomic E-state index is 12.3. The summed E-state index contributed by atoms with van der Waals surface area (Å²) < 4.78 is 6.53. The van der Waals surface area contributed by atoms with E-state index < -0.39 is 0 Å². The summed E-state index contributed by atoms with van der Waals surface area (Å²) in [5.41, 5.74) is 1.96. The van der Waals surface area contributed by atoms with Crippen LogP contribution in [0.2, 0.25) is 0 Å². The van der Waals surface area contributed by atoms with Crippen molar-refractivity contribution in [3.05, 3.63) is 51.6 Å². The fourth-order valence-corrected chi connectivity index (χ4v) is 2.85. The summed E-state index contributed by atoms with van der Waals surface area (Å²) in [5.74, 6) is 2.09. The lowest BCUT2D eigenvalue weighted by Crippen LogP contribution is -2.39. The van der Waals surface area contributed by atoms with Crippen molar-refractivity contribution in [1.82, 2.24) is 20.5 Å². The van der Waals surface area contributed by atoms with E-state index in [-0.39, 0.29) is 29.9 Å². The zero-order chi connectivity index (χ0) is 19.8. The monoisotopic (exact) mass is 563 g/mol. The maximum absolute atomic E-state index is 12.3. The van der Waals surface area contributed by atoms with Crippen LogP contribution in [-0.4, -0.2) is 42.4 Å². The van der Waals surface area contributed by atoms with Crippen molar-refractivity contribution >= 4 is 51.8 Å². The van der Waals surface area contributed by atoms with Gasteiger partial charge < -0.3 is 20.0 Å². The van der Waals surface area contributed by atoms with E-state index in [1.807, 2.05) is 45.2 Å². The van der Waals surface area contributed by atoms with Gasteiger partial charge in [0.15, 0.2) is 5.96 Å². The predicted molar refractivity (Wildman–Crippen MR) is 125 cm³/mol. The number of rotatable bonds is 7. The molecule has 1 amide bonds. The van der Waals surface area contributed by atoms with Gasteiger partial charge >= 0.3 is 0 Å². The zero-order valence-corrected chi connectivity index (χ0v) is 20.5. The fraction of sp³-hybridized carbons (Fsp3) is 0.421. The number of nitrogens with one attached hydrogen (secondary N) is 2. The maximum Gasteiger partial charge on any atom is 0.224 e. The molecular weight excluding hydrogens is 537 g/mol. The smallest absolute Gasteiger partial charge is 0.224 e. The standard InChI is InChI=1S/C19H26BrN5O2.HI/c1-13-14(2)27-17(24-13)11-23-19(21-3)22-10-9-18(26)25(4)12-15-7-5-6-8-16(15)20;/h5-8H,9-12H2,1-4H3,(H2,21,22,23);1H. The summed E-state index contributed by atoms with van der Waals surface area (Å²) in [5, 5.41) is 6.26. The van der Waals surface area contributed by atoms with Crippen molar-refractivity contribution in [3.8, 4) is 0 Å². The molecule has 0 spiro atoms. The van der Waals surface area contributed by atoms with Crippen LogP contribution in [0.15, 0.2) is 38.1 Å². The highest BCUT2D eigenvalue weighted by Gasteiger charge is 2.11. The number of amides is 1. The van der Waals surface area contributed by atoms with Crippen molar-refractivity contribution in [2.45, 2.75) is 33.4 Å². The van der Waals surface area contributed by atoms with Gasteiger partial charge in [0, 0.05) is 38.1 Å². The minimum atomic E-state index is 0. The minimum Gasteiger partial charge on any atom is -0.444 e. The molecule has 154 valence electrons. The van der Waals surface area contributed by atoms with Gasteiger partial charge in [-0.1, -0.05) is 34.1 Å². The van der Waals surface area contributed by atoms with Crippen LogP contribution in [0.4, 0.5) is 0 Å². The number of aliphatic imine (C=N–C) groups is 1. The number of benzene rings is 1. The molecule has 0 aliphatic heterocycles. The second-order valence-electron chi connectivity index (χ2n) is 6.19. The van der Waals surface area contributed by atoms with Crippen LogP contribution in [0.25, 0.3) is 0 Å². The molecule has 9 heteroatoms. The molecule has 0 radical (unpaired) electrons. The van der Waals surface area contributed by atoms with Crippen molar-refractivity contribution < 1.29 is 9.21 Å². The Labute approximate surface area is 191 Å². The summed E-state index contributed by atoms with van der Waals surface area (Å²) in [6.07, 6.45) is 0.374. The average molecular weight is 564 g/mol. The highest BCUT2D eigenvalue weighted by atomic mass is 127. The summed E-state index contributed by atoms with van der Waals surface area (Å²) in [6.45, 7) is 5.28. The van der Waals surface area contributed by atoms with Gasteiger partial charge in [0.1, 0.15) is 5.76 Å². The van der Waals surface area contributed by atoms with Gasteiger partial charge in [-0.25, -0.2) is 4.98 Å². The van der Waals surface area contributed by atoms with Crippen LogP contribution in [-0.2, 0) is 17.9 Å². The molecule has 0 bridgehead atoms. The van der Waals surface area contributed by atoms with Crippen molar-refractivity contribution in [1.29, 1.82) is 0 Å². The molecule has 0 fully saturated rings. The largest absolute Gasteiger partial charge is 0.444 e. The number of aryl methyl sites for hydroxylation is 2. The van der Waals surface area contributed by atoms with Crippen LogP contribution < -0.4 is 10.6 Å². The Morgan fingerprint density at radius 2 is 2.00 bits per heavy atom. The third kappa shape index (κ3) is 7.42. The highest BCUT2D eigenvalue weighted by molar-refractivity contribution is 14.0. The number of guanidine groups is 1. The van der Waals surface area contributed by atoms with Gasteiger partial charge in [-0.3, -0.25) is 9.79 Å². The Hall–Kier alpha value is -1.62. The topological polar surface area (TPSA) is 82.8 Å². The van der Waals surface area contributed by atoms with Crippen LogP contribution in [0.1, 0.15) is 29.3 Å². The Bertz CT molecular complexity index is 790. The number of aromatic nitrogens is 1. The lowest BCUT2D eigenvalue weighted by atomic mass is 10.2. The molecule has 1 heterocycles. The number of oxazole rings is 1. The number of carbonyl (C=O) groups excluding carboxylic acids is 1. The normalized spacial score (nSPS) is 11.0. The van der Waals surface area contributed by atoms with E-state index in [2.05, 4.69) is 36.5 Å². The second kappa shape index (κ2) is 12.1. The molecule has 0 saturated carbocycles. The molecule has 1 aromatic carbocycles. The van der Waals surface area contributed by atoms with E-state index in [1.54, 1.807) is 11.9 Å². The molecule has 7 nitrogen and oxygen atoms in total.